The third-order valence-corrected chi connectivity index (χ3v) is 2.79. The van der Waals surface area contributed by atoms with Gasteiger partial charge in [0.2, 0.25) is 0 Å². The molecule has 2 aromatic rings. The minimum absolute atomic E-state index is 0.0535. The van der Waals surface area contributed by atoms with Gasteiger partial charge in [0.25, 0.3) is 5.56 Å². The number of hydrogen-bond acceptors (Lipinski definition) is 4. The van der Waals surface area contributed by atoms with Gasteiger partial charge in [-0.15, -0.1) is 5.92 Å². The fraction of sp³-hybridized carbons (Fsp3) is 0.286. The molecule has 0 aromatic carbocycles. The Morgan fingerprint density at radius 1 is 1.33 bits per heavy atom. The Morgan fingerprint density at radius 3 is 2.76 bits per heavy atom. The summed E-state index contributed by atoms with van der Waals surface area (Å²) in [5.41, 5.74) is -0.605. The fourth-order valence-electron chi connectivity index (χ4n) is 1.80. The van der Waals surface area contributed by atoms with Crippen molar-refractivity contribution in [3.8, 4) is 29.8 Å². The van der Waals surface area contributed by atoms with Crippen LogP contribution in [-0.4, -0.2) is 19.1 Å². The molecule has 104 valence electrons. The highest BCUT2D eigenvalue weighted by Crippen LogP contribution is 2.09. The van der Waals surface area contributed by atoms with Gasteiger partial charge < -0.3 is 0 Å². The maximum absolute atomic E-state index is 12.0. The summed E-state index contributed by atoms with van der Waals surface area (Å²) < 4.78 is 2.77. The topological polar surface area (TPSA) is 96.5 Å². The van der Waals surface area contributed by atoms with E-state index in [1.807, 2.05) is 6.07 Å². The summed E-state index contributed by atoms with van der Waals surface area (Å²) in [7, 11) is 1.51. The predicted octanol–water partition coefficient (Wildman–Crippen LogP) is -0.288. The van der Waals surface area contributed by atoms with E-state index in [4.69, 9.17) is 5.26 Å². The molecule has 0 aliphatic rings. The number of H-pyrrole nitrogens is 1. The van der Waals surface area contributed by atoms with Gasteiger partial charge in [0.15, 0.2) is 17.0 Å². The van der Waals surface area contributed by atoms with Gasteiger partial charge in [-0.1, -0.05) is 11.8 Å². The second kappa shape index (κ2) is 5.81. The van der Waals surface area contributed by atoms with Gasteiger partial charge in [0.05, 0.1) is 19.0 Å². The van der Waals surface area contributed by atoms with Crippen LogP contribution in [0.2, 0.25) is 0 Å². The summed E-state index contributed by atoms with van der Waals surface area (Å²) in [6.07, 6.45) is 0.0535. The van der Waals surface area contributed by atoms with E-state index in [9.17, 15) is 9.59 Å². The van der Waals surface area contributed by atoms with Crippen LogP contribution >= 0.6 is 0 Å². The molecule has 0 amide bonds. The van der Waals surface area contributed by atoms with E-state index in [-0.39, 0.29) is 24.1 Å². The Labute approximate surface area is 119 Å². The molecule has 0 fully saturated rings. The summed E-state index contributed by atoms with van der Waals surface area (Å²) in [6, 6.07) is 1.90. The van der Waals surface area contributed by atoms with Gasteiger partial charge in [-0.25, -0.2) is 9.78 Å². The van der Waals surface area contributed by atoms with Crippen molar-refractivity contribution in [1.82, 2.24) is 19.1 Å². The average molecular weight is 281 g/mol. The van der Waals surface area contributed by atoms with Gasteiger partial charge in [0, 0.05) is 7.05 Å². The van der Waals surface area contributed by atoms with Gasteiger partial charge in [-0.05, 0) is 12.8 Å². The first kappa shape index (κ1) is 14.2. The van der Waals surface area contributed by atoms with Crippen LogP contribution in [0, 0.1) is 35.0 Å². The molecule has 2 aromatic heterocycles. The Balaban J connectivity index is 2.82. The van der Waals surface area contributed by atoms with Crippen LogP contribution in [0.3, 0.4) is 0 Å². The lowest BCUT2D eigenvalue weighted by atomic mass is 10.4. The van der Waals surface area contributed by atoms with Crippen LogP contribution in [0.5, 0.6) is 0 Å². The van der Waals surface area contributed by atoms with Crippen LogP contribution in [0.1, 0.15) is 19.2 Å². The highest BCUT2D eigenvalue weighted by atomic mass is 16.2. The SMILES string of the molecule is CC#CCn1c(C#CCC#N)nc2c1c(=O)[nH]c(=O)n2C. The van der Waals surface area contributed by atoms with E-state index in [1.165, 1.54) is 16.2 Å². The van der Waals surface area contributed by atoms with Gasteiger partial charge >= 0.3 is 5.69 Å². The lowest BCUT2D eigenvalue weighted by Crippen LogP contribution is -2.29. The first-order valence-electron chi connectivity index (χ1n) is 6.05. The Bertz CT molecular complexity index is 977. The second-order valence-corrected chi connectivity index (χ2v) is 4.08. The standard InChI is InChI=1S/C14H11N5O2/c1-3-4-9-19-10(7-5-6-8-15)16-12-11(19)13(20)17-14(21)18(12)2/h6,9H2,1-2H3,(H,17,20,21). The highest BCUT2D eigenvalue weighted by molar-refractivity contribution is 5.72. The van der Waals surface area contributed by atoms with E-state index >= 15 is 0 Å². The molecule has 0 unspecified atom stereocenters. The molecule has 0 saturated heterocycles. The first-order valence-corrected chi connectivity index (χ1v) is 6.05. The van der Waals surface area contributed by atoms with Crippen LogP contribution in [0.4, 0.5) is 0 Å². The second-order valence-electron chi connectivity index (χ2n) is 4.08. The summed E-state index contributed by atoms with van der Waals surface area (Å²) in [5, 5.41) is 8.52. The maximum Gasteiger partial charge on any atom is 0.329 e. The molecular formula is C14H11N5O2. The molecule has 21 heavy (non-hydrogen) atoms. The average Bonchev–Trinajstić information content (AvgIpc) is 2.82. The van der Waals surface area contributed by atoms with Crippen molar-refractivity contribution in [3.05, 3.63) is 26.7 Å². The third-order valence-electron chi connectivity index (χ3n) is 2.79. The molecule has 0 atom stereocenters. The molecule has 0 radical (unpaired) electrons. The number of aromatic amines is 1. The smallest absolute Gasteiger partial charge is 0.300 e. The number of nitrogens with one attached hydrogen (secondary N) is 1. The molecule has 0 spiro atoms. The van der Waals surface area contributed by atoms with E-state index in [0.717, 1.165) is 0 Å². The number of imidazole rings is 1. The lowest BCUT2D eigenvalue weighted by Gasteiger charge is -2.00. The zero-order valence-corrected chi connectivity index (χ0v) is 11.5. The molecule has 0 bridgehead atoms. The number of aryl methyl sites for hydroxylation is 1. The van der Waals surface area contributed by atoms with E-state index in [1.54, 1.807) is 6.92 Å². The predicted molar refractivity (Wildman–Crippen MR) is 76.2 cm³/mol. The maximum atomic E-state index is 12.0. The molecule has 2 rings (SSSR count). The Morgan fingerprint density at radius 2 is 2.10 bits per heavy atom. The summed E-state index contributed by atoms with van der Waals surface area (Å²) in [6.45, 7) is 1.91. The fourth-order valence-corrected chi connectivity index (χ4v) is 1.80. The molecular weight excluding hydrogens is 270 g/mol. The van der Waals surface area contributed by atoms with Crippen LogP contribution < -0.4 is 11.2 Å². The number of nitriles is 1. The third kappa shape index (κ3) is 2.56. The van der Waals surface area contributed by atoms with E-state index in [2.05, 4.69) is 33.6 Å². The van der Waals surface area contributed by atoms with E-state index < -0.39 is 11.2 Å². The molecule has 2 heterocycles. The van der Waals surface area contributed by atoms with Gasteiger partial charge in [0.1, 0.15) is 0 Å². The summed E-state index contributed by atoms with van der Waals surface area (Å²) in [4.78, 5) is 30.0. The van der Waals surface area contributed by atoms with Crippen molar-refractivity contribution in [2.45, 2.75) is 19.9 Å². The normalized spacial score (nSPS) is 9.38. The van der Waals surface area contributed by atoms with Crippen molar-refractivity contribution in [2.75, 3.05) is 0 Å². The monoisotopic (exact) mass is 281 g/mol. The quantitative estimate of drug-likeness (QED) is 0.726. The van der Waals surface area contributed by atoms with Gasteiger partial charge in [-0.3, -0.25) is 18.9 Å². The van der Waals surface area contributed by atoms with Crippen LogP contribution in [0.25, 0.3) is 11.2 Å². The number of aromatic nitrogens is 4. The molecule has 0 aliphatic heterocycles. The number of rotatable bonds is 1. The molecule has 0 aliphatic carbocycles. The number of nitrogens with zero attached hydrogens (tertiary/aromatic N) is 4. The molecule has 1 N–H and O–H groups in total. The van der Waals surface area contributed by atoms with Crippen LogP contribution in [-0.2, 0) is 13.6 Å². The van der Waals surface area contributed by atoms with Crippen molar-refractivity contribution >= 4 is 11.2 Å². The largest absolute Gasteiger partial charge is 0.329 e. The number of fused-ring (bicyclic) bond motifs is 1. The molecule has 7 nitrogen and oxygen atoms in total. The highest BCUT2D eigenvalue weighted by Gasteiger charge is 2.15. The molecule has 0 saturated carbocycles. The molecule has 7 heteroatoms. The Hall–Kier alpha value is -3.24. The van der Waals surface area contributed by atoms with Gasteiger partial charge in [-0.2, -0.15) is 5.26 Å². The lowest BCUT2D eigenvalue weighted by molar-refractivity contribution is 0.821. The number of hydrogen-bond donors (Lipinski definition) is 1. The first-order chi connectivity index (χ1) is 10.1. The van der Waals surface area contributed by atoms with Crippen molar-refractivity contribution in [2.24, 2.45) is 7.05 Å². The van der Waals surface area contributed by atoms with Crippen molar-refractivity contribution in [1.29, 1.82) is 5.26 Å². The zero-order valence-electron chi connectivity index (χ0n) is 11.5. The Kier molecular flexibility index (Phi) is 3.92. The summed E-state index contributed by atoms with van der Waals surface area (Å²) >= 11 is 0. The van der Waals surface area contributed by atoms with Crippen molar-refractivity contribution in [3.63, 3.8) is 0 Å². The summed E-state index contributed by atoms with van der Waals surface area (Å²) in [5.74, 6) is 11.2. The van der Waals surface area contributed by atoms with Crippen molar-refractivity contribution < 1.29 is 0 Å². The zero-order chi connectivity index (χ0) is 15.4. The minimum atomic E-state index is -0.546. The minimum Gasteiger partial charge on any atom is -0.300 e. The van der Waals surface area contributed by atoms with E-state index in [0.29, 0.717) is 5.82 Å². The van der Waals surface area contributed by atoms with Crippen LogP contribution in [0.15, 0.2) is 9.59 Å².